The van der Waals surface area contributed by atoms with Gasteiger partial charge in [0.25, 0.3) is 11.8 Å². The van der Waals surface area contributed by atoms with Crippen LogP contribution in [0.15, 0.2) is 12.2 Å². The summed E-state index contributed by atoms with van der Waals surface area (Å²) in [7, 11) is 6.65. The van der Waals surface area contributed by atoms with Crippen LogP contribution in [-0.2, 0) is 33.5 Å². The normalized spacial score (nSPS) is 14.1. The Balaban J connectivity index is -0.00000187. The topological polar surface area (TPSA) is 137 Å². The highest BCUT2D eigenvalue weighted by Crippen LogP contribution is 2.22. The van der Waals surface area contributed by atoms with Gasteiger partial charge in [-0.2, -0.15) is 0 Å². The number of rotatable bonds is 19. The van der Waals surface area contributed by atoms with Crippen molar-refractivity contribution in [2.45, 2.75) is 132 Å². The number of nitrogens with zero attached hydrogens (tertiary/aromatic N) is 4. The van der Waals surface area contributed by atoms with Gasteiger partial charge in [0.15, 0.2) is 0 Å². The van der Waals surface area contributed by atoms with E-state index >= 15 is 0 Å². The van der Waals surface area contributed by atoms with E-state index in [4.69, 9.17) is 4.74 Å². The van der Waals surface area contributed by atoms with Crippen LogP contribution in [0.4, 0.5) is 0 Å². The molecule has 0 aromatic rings. The number of carbonyl (C=O) groups is 6. The number of hydrogen-bond acceptors (Lipinski definition) is 7. The Hall–Kier alpha value is -3.28. The summed E-state index contributed by atoms with van der Waals surface area (Å²) < 4.78 is 5.66. The minimum atomic E-state index is -0.695. The van der Waals surface area contributed by atoms with Crippen LogP contribution in [0, 0.1) is 11.8 Å². The van der Waals surface area contributed by atoms with Crippen molar-refractivity contribution in [3.8, 4) is 0 Å². The maximum absolute atomic E-state index is 13.4. The Bertz CT molecular complexity index is 966. The molecule has 1 aliphatic heterocycles. The first-order valence-electron chi connectivity index (χ1n) is 18.1. The van der Waals surface area contributed by atoms with Crippen molar-refractivity contribution in [3.05, 3.63) is 12.2 Å². The molecule has 0 aromatic carbocycles. The van der Waals surface area contributed by atoms with Crippen LogP contribution in [0.5, 0.6) is 0 Å². The number of amides is 6. The van der Waals surface area contributed by atoms with Gasteiger partial charge in [-0.1, -0.05) is 81.6 Å². The minimum absolute atomic E-state index is 0.0868. The summed E-state index contributed by atoms with van der Waals surface area (Å²) >= 11 is 0. The van der Waals surface area contributed by atoms with Crippen LogP contribution in [0.2, 0.25) is 0 Å². The van der Waals surface area contributed by atoms with Gasteiger partial charge in [-0.25, -0.2) is 0 Å². The molecule has 49 heavy (non-hydrogen) atoms. The molecule has 0 radical (unpaired) electrons. The van der Waals surface area contributed by atoms with E-state index in [-0.39, 0.29) is 66.5 Å². The van der Waals surface area contributed by atoms with Gasteiger partial charge < -0.3 is 24.8 Å². The SMILES string of the molecule is CC.CCC.CCC(C)C(C(CC)OC)N(C)C(=O)CN(C)C(=O)C(C(C)C)N(C)C(=O)CCCCCN1C(=O)C=CC1=O.CCNC=O. The Morgan fingerprint density at radius 2 is 1.39 bits per heavy atom. The van der Waals surface area contributed by atoms with Crippen LogP contribution >= 0.6 is 0 Å². The highest BCUT2D eigenvalue weighted by molar-refractivity contribution is 6.12. The molecule has 0 aromatic heterocycles. The zero-order valence-corrected chi connectivity index (χ0v) is 33.3. The predicted molar refractivity (Wildman–Crippen MR) is 198 cm³/mol. The number of nitrogens with one attached hydrogen (secondary N) is 1. The number of ether oxygens (including phenoxy) is 1. The number of imide groups is 1. The third-order valence-electron chi connectivity index (χ3n) is 8.06. The number of unbranched alkanes of at least 4 members (excludes halogenated alkanes) is 2. The molecule has 4 unspecified atom stereocenters. The molecule has 12 heteroatoms. The molecular weight excluding hydrogens is 626 g/mol. The minimum Gasteiger partial charge on any atom is -0.379 e. The van der Waals surface area contributed by atoms with E-state index in [1.165, 1.54) is 33.3 Å². The van der Waals surface area contributed by atoms with Gasteiger partial charge in [-0.15, -0.1) is 0 Å². The zero-order valence-electron chi connectivity index (χ0n) is 33.3. The highest BCUT2D eigenvalue weighted by atomic mass is 16.5. The standard InChI is InChI=1S/C29H50N4O6.C3H7NO.C3H8.C2H6/c1-10-21(5)28(22(11-2)39-9)32(8)26(37)19-30(6)29(38)27(20(3)4)31(7)23(34)15-13-12-14-18-33-24(35)16-17-25(33)36;1-2-4-3-5;1-3-2;1-2/h16-17,20-22,27-28H,10-15,18-19H2,1-9H3;3H,2H2,1H3,(H,4,5);3H2,1-2H3;1-2H3. The van der Waals surface area contributed by atoms with Crippen LogP contribution in [0.1, 0.15) is 114 Å². The fourth-order valence-corrected chi connectivity index (χ4v) is 5.26. The number of carbonyl (C=O) groups excluding carboxylic acids is 6. The molecule has 0 spiro atoms. The molecule has 0 saturated heterocycles. The van der Waals surface area contributed by atoms with Gasteiger partial charge in [0.2, 0.25) is 24.1 Å². The van der Waals surface area contributed by atoms with E-state index in [0.29, 0.717) is 32.2 Å². The molecular formula is C37H71N5O7. The fraction of sp³-hybridized carbons (Fsp3) is 0.784. The van der Waals surface area contributed by atoms with Gasteiger partial charge in [-0.3, -0.25) is 33.7 Å². The van der Waals surface area contributed by atoms with E-state index in [2.05, 4.69) is 33.0 Å². The second-order valence-electron chi connectivity index (χ2n) is 12.3. The number of likely N-dealkylation sites (N-methyl/N-ethyl adjacent to an activating group) is 3. The smallest absolute Gasteiger partial charge is 0.253 e. The molecule has 0 fully saturated rings. The first kappa shape index (κ1) is 50.1. The van der Waals surface area contributed by atoms with Gasteiger partial charge in [0, 0.05) is 59.9 Å². The Labute approximate surface area is 298 Å². The molecule has 0 bridgehead atoms. The van der Waals surface area contributed by atoms with E-state index < -0.39 is 6.04 Å². The predicted octanol–water partition coefficient (Wildman–Crippen LogP) is 4.91. The lowest BCUT2D eigenvalue weighted by atomic mass is 9.91. The molecule has 0 aliphatic carbocycles. The lowest BCUT2D eigenvalue weighted by Gasteiger charge is -2.39. The largest absolute Gasteiger partial charge is 0.379 e. The van der Waals surface area contributed by atoms with Crippen LogP contribution in [0.25, 0.3) is 0 Å². The summed E-state index contributed by atoms with van der Waals surface area (Å²) in [6.07, 6.45) is 8.14. The first-order chi connectivity index (χ1) is 23.1. The maximum atomic E-state index is 13.4. The van der Waals surface area contributed by atoms with Crippen molar-refractivity contribution >= 4 is 35.9 Å². The van der Waals surface area contributed by atoms with Crippen molar-refractivity contribution in [1.82, 2.24) is 24.9 Å². The van der Waals surface area contributed by atoms with Crippen LogP contribution in [-0.4, -0.2) is 122 Å². The summed E-state index contributed by atoms with van der Waals surface area (Å²) in [5.41, 5.74) is 0. The average molecular weight is 698 g/mol. The average Bonchev–Trinajstić information content (AvgIpc) is 3.40. The van der Waals surface area contributed by atoms with E-state index in [1.54, 1.807) is 33.2 Å². The van der Waals surface area contributed by atoms with Crippen molar-refractivity contribution in [3.63, 3.8) is 0 Å². The van der Waals surface area contributed by atoms with E-state index in [0.717, 1.165) is 19.4 Å². The number of methoxy groups -OCH3 is 1. The lowest BCUT2D eigenvalue weighted by Crippen LogP contribution is -2.55. The molecule has 6 amide bonds. The molecule has 1 aliphatic rings. The van der Waals surface area contributed by atoms with Crippen molar-refractivity contribution in [1.29, 1.82) is 0 Å². The third-order valence-corrected chi connectivity index (χ3v) is 8.06. The summed E-state index contributed by atoms with van der Waals surface area (Å²) in [6.45, 7) is 21.1. The van der Waals surface area contributed by atoms with Crippen LogP contribution < -0.4 is 5.32 Å². The van der Waals surface area contributed by atoms with Gasteiger partial charge >= 0.3 is 0 Å². The van der Waals surface area contributed by atoms with Crippen molar-refractivity contribution in [2.24, 2.45) is 11.8 Å². The molecule has 1 rings (SSSR count). The summed E-state index contributed by atoms with van der Waals surface area (Å²) in [6, 6.07) is -0.802. The zero-order chi connectivity index (χ0) is 38.7. The first-order valence-corrected chi connectivity index (χ1v) is 18.1. The molecule has 1 N–H and O–H groups in total. The van der Waals surface area contributed by atoms with Gasteiger partial charge in [0.05, 0.1) is 18.7 Å². The van der Waals surface area contributed by atoms with Gasteiger partial charge in [-0.05, 0) is 38.0 Å². The van der Waals surface area contributed by atoms with Gasteiger partial charge in [0.1, 0.15) is 6.04 Å². The summed E-state index contributed by atoms with van der Waals surface area (Å²) in [5.74, 6) is -1.13. The molecule has 1 heterocycles. The Morgan fingerprint density at radius 3 is 1.78 bits per heavy atom. The third kappa shape index (κ3) is 18.9. The van der Waals surface area contributed by atoms with E-state index in [1.807, 2.05) is 41.5 Å². The second-order valence-corrected chi connectivity index (χ2v) is 12.3. The summed E-state index contributed by atoms with van der Waals surface area (Å²) in [5, 5.41) is 2.43. The Morgan fingerprint density at radius 1 is 0.857 bits per heavy atom. The van der Waals surface area contributed by atoms with E-state index in [9.17, 15) is 28.8 Å². The second kappa shape index (κ2) is 29.6. The van der Waals surface area contributed by atoms with Crippen LogP contribution in [0.3, 0.4) is 0 Å². The molecule has 0 saturated carbocycles. The molecule has 286 valence electrons. The lowest BCUT2D eigenvalue weighted by molar-refractivity contribution is -0.149. The van der Waals surface area contributed by atoms with Crippen molar-refractivity contribution < 1.29 is 33.5 Å². The fourth-order valence-electron chi connectivity index (χ4n) is 5.26. The highest BCUT2D eigenvalue weighted by Gasteiger charge is 2.35. The molecule has 12 nitrogen and oxygen atoms in total. The molecule has 4 atom stereocenters. The summed E-state index contributed by atoms with van der Waals surface area (Å²) in [4.78, 5) is 78.0. The monoisotopic (exact) mass is 698 g/mol. The maximum Gasteiger partial charge on any atom is 0.253 e. The quantitative estimate of drug-likeness (QED) is 0.115. The number of hydrogen-bond donors (Lipinski definition) is 1. The Kier molecular flexibility index (Phi) is 30.3. The van der Waals surface area contributed by atoms with Crippen molar-refractivity contribution in [2.75, 3.05) is 47.9 Å².